The van der Waals surface area contributed by atoms with Crippen LogP contribution in [0.3, 0.4) is 0 Å². The van der Waals surface area contributed by atoms with Gasteiger partial charge in [-0.25, -0.2) is 43.9 Å². The molecule has 0 bridgehead atoms. The van der Waals surface area contributed by atoms with E-state index in [4.69, 9.17) is 17.4 Å². The molecule has 19 aromatic rings. The number of pyridine rings is 16. The number of halogens is 16. The van der Waals surface area contributed by atoms with Crippen LogP contribution in [0.5, 0.6) is 11.8 Å². The van der Waals surface area contributed by atoms with Crippen molar-refractivity contribution >= 4 is 23.3 Å². The zero-order chi connectivity index (χ0) is 103. The Bertz CT molecular complexity index is 7410. The second-order valence-electron chi connectivity index (χ2n) is 32.1. The average molecular weight is 2720 g/mol. The van der Waals surface area contributed by atoms with Crippen LogP contribution in [0.4, 0.5) is 93.5 Å². The van der Waals surface area contributed by atoms with Crippen molar-refractivity contribution in [2.24, 2.45) is 0 Å². The van der Waals surface area contributed by atoms with E-state index in [9.17, 15) is 70.2 Å². The SMILES string of the molecule is CC(C)(C)N(c1cccc(-c2[c-]ccnc2F)n1)c1cccc(-c2[c-]ccnc2F)n1.Fc1c[c-]c(-c2cccc(N(c3cccc(-c4[c-]cc(F)nc4)n3)C(c3ccccc3)(c3ccccc3)c3ccccc3)n2)cn1.Fc1nc(C(F)(F)F)c[c-]c1-c1cccc(Oc2cccc(-c3[c-]cc(C(F)(F)F)nc3F)n2)n1.[2H]c1[c-]c(-c2cccc(C(C)(C)c3cccc(-c4[c-]c([2H])c(F)nc4F)n3)n2)c(F)nc1F.[Pt+2].[Pt+2].[Pt+2].[Pt+2]. The van der Waals surface area contributed by atoms with Gasteiger partial charge in [0.1, 0.15) is 88.3 Å². The molecule has 0 fully saturated rings. The summed E-state index contributed by atoms with van der Waals surface area (Å²) in [5, 5.41) is 0. The smallest absolute Gasteiger partial charge is 0.422 e. The molecule has 16 heterocycles. The topological polar surface area (TPSA) is 222 Å². The molecule has 0 spiro atoms. The molecule has 16 aromatic heterocycles. The van der Waals surface area contributed by atoms with Crippen molar-refractivity contribution in [1.29, 1.82) is 0 Å². The minimum atomic E-state index is -4.86. The Balaban J connectivity index is 0.000000177. The third-order valence-electron chi connectivity index (χ3n) is 21.2. The van der Waals surface area contributed by atoms with E-state index in [0.29, 0.717) is 80.7 Å². The van der Waals surface area contributed by atoms with Crippen LogP contribution in [0.1, 0.15) is 76.8 Å². The third-order valence-corrected chi connectivity index (χ3v) is 21.2. The number of rotatable bonds is 20. The fraction of sp³-hybridized carbons (Fsp3) is 0.0926. The van der Waals surface area contributed by atoms with Gasteiger partial charge in [-0.15, -0.1) is 83.9 Å². The number of ether oxygens (including phenoxy) is 1. The van der Waals surface area contributed by atoms with Gasteiger partial charge in [0.2, 0.25) is 11.8 Å². The van der Waals surface area contributed by atoms with E-state index >= 15 is 0 Å². The minimum Gasteiger partial charge on any atom is -0.422 e. The van der Waals surface area contributed by atoms with E-state index in [1.54, 1.807) is 62.4 Å². The normalized spacial score (nSPS) is 11.4. The molecule has 0 atom stereocenters. The number of anilines is 4. The fourth-order valence-electron chi connectivity index (χ4n) is 14.7. The third kappa shape index (κ3) is 26.1. The zero-order valence-electron chi connectivity index (χ0n) is 78.1. The molecule has 0 amide bonds. The summed E-state index contributed by atoms with van der Waals surface area (Å²) in [4.78, 5) is 67.3. The van der Waals surface area contributed by atoms with Crippen LogP contribution >= 0.6 is 0 Å². The number of alkyl halides is 6. The molecule has 3 aromatic carbocycles. The van der Waals surface area contributed by atoms with Crippen molar-refractivity contribution in [1.82, 2.24) is 79.7 Å². The van der Waals surface area contributed by atoms with Crippen molar-refractivity contribution in [3.63, 3.8) is 0 Å². The molecule has 0 saturated carbocycles. The van der Waals surface area contributed by atoms with Gasteiger partial charge in [0.15, 0.2) is 0 Å². The summed E-state index contributed by atoms with van der Waals surface area (Å²) in [7, 11) is 0. The first-order valence-electron chi connectivity index (χ1n) is 43.6. The van der Waals surface area contributed by atoms with Crippen LogP contribution in [-0.2, 0) is 108 Å². The largest absolute Gasteiger partial charge is 2.00 e. The molecule has 39 heteroatoms. The standard InChI is InChI=1S/C39H25F2N5.C24H19F2N5.C23H14F4N4.C22H8F8N4O.4Pt/c40-35-24-22-28(26-42-35)33-18-10-20-37(44-33)46(38-21-11-19-34(45-38)29-23-25-36(41)43-27-29)39(30-12-4-1-5-13-30,31-14-6-2-7-15-31)32-16-8-3-9-17-32;1-24(2,3)31(20-12-4-10-18(29-20)16-8-6-14-27-22(16)25)21-13-5-11-19(30-21)17-9-7-15-28-23(17)26;1-23(2,17-7-3-5-15(28-17)13-9-11-19(24)30-21(13)26)18-8-4-6-16(29-18)14-10-12-20(25)31-22(14)27;23-19-11(7-9-15(33-19)21(25,26)27)13-3-1-5-17(31-13)35-18-6-2-4-14(32-18)12-8-10-16(22(28,29)30)34-20(12)24;;;;/h1-21,24-27H;4-7,10-15H,1-3H3;3-8,11-12H,1-2H3;1-6,9-10H;;;;/q4*-2;4*+2/i;;11D,12D;;;;;. The predicted octanol–water partition coefficient (Wildman–Crippen LogP) is 25.4. The van der Waals surface area contributed by atoms with E-state index in [0.717, 1.165) is 16.7 Å². The summed E-state index contributed by atoms with van der Waals surface area (Å²) in [5.41, 5.74) is 0.430. The maximum absolute atomic E-state index is 14.2. The quantitative estimate of drug-likeness (QED) is 0.0299. The fourth-order valence-corrected chi connectivity index (χ4v) is 14.7. The second kappa shape index (κ2) is 48.4. The molecule has 0 N–H and O–H groups in total. The molecular weight excluding hydrogens is 2650 g/mol. The van der Waals surface area contributed by atoms with Crippen LogP contribution in [0, 0.1) is 108 Å². The number of aromatic nitrogens is 16. The Morgan fingerprint density at radius 3 is 0.912 bits per heavy atom. The van der Waals surface area contributed by atoms with Gasteiger partial charge in [0.25, 0.3) is 0 Å². The second-order valence-corrected chi connectivity index (χ2v) is 32.1. The van der Waals surface area contributed by atoms with E-state index in [2.05, 4.69) is 160 Å². The average Bonchev–Trinajstić information content (AvgIpc) is 0.715. The number of nitrogens with zero attached hydrogens (tertiary/aromatic N) is 18. The van der Waals surface area contributed by atoms with Gasteiger partial charge in [-0.1, -0.05) is 270 Å². The van der Waals surface area contributed by atoms with Crippen LogP contribution in [-0.4, -0.2) is 85.3 Å². The summed E-state index contributed by atoms with van der Waals surface area (Å²) >= 11 is 0. The first-order chi connectivity index (χ1) is 69.5. The Kier molecular flexibility index (Phi) is 35.5. The van der Waals surface area contributed by atoms with Gasteiger partial charge < -0.3 is 49.5 Å². The van der Waals surface area contributed by atoms with Gasteiger partial charge in [-0.05, 0) is 145 Å². The molecular formula is C108H66F16N18OPt4. The first-order valence-corrected chi connectivity index (χ1v) is 42.6. The van der Waals surface area contributed by atoms with Crippen molar-refractivity contribution in [2.75, 3.05) is 9.80 Å². The number of benzene rings is 3. The van der Waals surface area contributed by atoms with Gasteiger partial charge in [0, 0.05) is 25.1 Å². The van der Waals surface area contributed by atoms with Crippen LogP contribution in [0.25, 0.3) is 90.1 Å². The molecule has 19 rings (SSSR count). The maximum Gasteiger partial charge on any atom is 2.00 e. The van der Waals surface area contributed by atoms with Gasteiger partial charge in [-0.2, -0.15) is 26.3 Å². The Morgan fingerprint density at radius 1 is 0.272 bits per heavy atom. The van der Waals surface area contributed by atoms with E-state index in [-0.39, 0.29) is 141 Å². The molecule has 0 aliphatic rings. The van der Waals surface area contributed by atoms with E-state index < -0.39 is 123 Å². The predicted molar refractivity (Wildman–Crippen MR) is 495 cm³/mol. The molecule has 746 valence electrons. The molecule has 147 heavy (non-hydrogen) atoms. The Morgan fingerprint density at radius 2 is 0.578 bits per heavy atom. The molecule has 0 radical (unpaired) electrons. The van der Waals surface area contributed by atoms with E-state index in [1.165, 1.54) is 97.6 Å². The van der Waals surface area contributed by atoms with Crippen LogP contribution < -0.4 is 14.5 Å². The maximum atomic E-state index is 14.2. The summed E-state index contributed by atoms with van der Waals surface area (Å²) in [6.45, 7) is 9.57. The molecule has 0 unspecified atom stereocenters. The van der Waals surface area contributed by atoms with Crippen LogP contribution in [0.2, 0.25) is 0 Å². The zero-order valence-corrected chi connectivity index (χ0v) is 85.1. The molecule has 0 aliphatic heterocycles. The number of hydrogen-bond donors (Lipinski definition) is 0. The van der Waals surface area contributed by atoms with Crippen molar-refractivity contribution in [3.05, 3.63) is 457 Å². The summed E-state index contributed by atoms with van der Waals surface area (Å²) < 4.78 is 236. The minimum absolute atomic E-state index is 0. The first kappa shape index (κ1) is 108. The van der Waals surface area contributed by atoms with Crippen molar-refractivity contribution in [3.8, 4) is 102 Å². The monoisotopic (exact) mass is 2720 g/mol. The number of hydrogen-bond acceptors (Lipinski definition) is 19. The summed E-state index contributed by atoms with van der Waals surface area (Å²) in [5.74, 6) is -8.36. The summed E-state index contributed by atoms with van der Waals surface area (Å²) in [6.07, 6.45) is -4.20. The van der Waals surface area contributed by atoms with E-state index in [1.807, 2.05) is 129 Å². The van der Waals surface area contributed by atoms with Crippen LogP contribution in [0.15, 0.2) is 310 Å². The molecule has 0 saturated heterocycles. The van der Waals surface area contributed by atoms with Gasteiger partial charge >= 0.3 is 96.6 Å². The van der Waals surface area contributed by atoms with Gasteiger partial charge in [-0.3, -0.25) is 44.8 Å². The Hall–Kier alpha value is -14.9. The molecule has 0 aliphatic carbocycles. The van der Waals surface area contributed by atoms with Crippen molar-refractivity contribution in [2.45, 2.75) is 63.5 Å². The molecule has 19 nitrogen and oxygen atoms in total. The Labute approximate surface area is 890 Å². The van der Waals surface area contributed by atoms with Crippen molar-refractivity contribution < 1.29 is 162 Å². The summed E-state index contributed by atoms with van der Waals surface area (Å²) in [6, 6.07) is 95.5. The van der Waals surface area contributed by atoms with Gasteiger partial charge in [0.05, 0.1) is 11.4 Å².